The van der Waals surface area contributed by atoms with Crippen molar-refractivity contribution >= 4 is 28.6 Å². The lowest BCUT2D eigenvalue weighted by Gasteiger charge is -2.32. The SMILES string of the molecule is CC(C)(O)c1nc2c(F)cc(-c3nc(N[C@@H]4C[C@H]5CO[C@H](O5)[C@H]4O)ncc3Cl)cc2n1C1CC1. The van der Waals surface area contributed by atoms with Crippen LogP contribution in [0.4, 0.5) is 10.3 Å². The number of aromatic nitrogens is 4. The Bertz CT molecular complexity index is 1270. The number of aliphatic hydroxyl groups excluding tert-OH is 1. The van der Waals surface area contributed by atoms with Gasteiger partial charge in [0.25, 0.3) is 0 Å². The second-order valence-corrected chi connectivity index (χ2v) is 10.2. The van der Waals surface area contributed by atoms with Crippen LogP contribution in [0.15, 0.2) is 18.3 Å². The largest absolute Gasteiger partial charge is 0.386 e. The third-order valence-electron chi connectivity index (χ3n) is 6.52. The minimum Gasteiger partial charge on any atom is -0.386 e. The van der Waals surface area contributed by atoms with E-state index in [0.717, 1.165) is 12.8 Å². The van der Waals surface area contributed by atoms with Crippen LogP contribution in [0.3, 0.4) is 0 Å². The zero-order valence-corrected chi connectivity index (χ0v) is 19.5. The highest BCUT2D eigenvalue weighted by atomic mass is 35.5. The minimum absolute atomic E-state index is 0.0955. The molecule has 4 heterocycles. The standard InChI is InChI=1S/C23H25ClFN5O4/c1-23(2,32)21-28-18-14(25)5-10(6-16(18)30(21)11-3-4-11)17-13(24)8-26-22(29-17)27-15-7-12-9-33-20(34-12)19(15)31/h5-6,8,11-12,15,19-20,31-32H,3-4,7,9H2,1-2H3,(H,26,27,29)/t12-,15+,19-,20+/m0/s1. The van der Waals surface area contributed by atoms with Gasteiger partial charge in [-0.1, -0.05) is 11.6 Å². The topological polar surface area (TPSA) is 115 Å². The number of aliphatic hydroxyl groups is 2. The third-order valence-corrected chi connectivity index (χ3v) is 6.80. The van der Waals surface area contributed by atoms with Crippen LogP contribution < -0.4 is 5.32 Å². The second-order valence-electron chi connectivity index (χ2n) is 9.75. The first-order chi connectivity index (χ1) is 16.2. The van der Waals surface area contributed by atoms with E-state index in [9.17, 15) is 10.2 Å². The van der Waals surface area contributed by atoms with Crippen molar-refractivity contribution in [2.45, 2.75) is 69.3 Å². The van der Waals surface area contributed by atoms with E-state index in [1.807, 2.05) is 4.57 Å². The minimum atomic E-state index is -1.22. The molecule has 1 aliphatic carbocycles. The maximum Gasteiger partial charge on any atom is 0.223 e. The Morgan fingerprint density at radius 1 is 1.26 bits per heavy atom. The fourth-order valence-electron chi connectivity index (χ4n) is 4.76. The molecule has 2 bridgehead atoms. The number of rotatable bonds is 5. The fraction of sp³-hybridized carbons (Fsp3) is 0.522. The van der Waals surface area contributed by atoms with Gasteiger partial charge in [0.05, 0.1) is 41.2 Å². The van der Waals surface area contributed by atoms with Gasteiger partial charge < -0.3 is 29.6 Å². The molecule has 6 rings (SSSR count). The number of hydrogen-bond acceptors (Lipinski definition) is 8. The molecule has 2 saturated heterocycles. The number of nitrogens with one attached hydrogen (secondary N) is 1. The highest BCUT2D eigenvalue weighted by molar-refractivity contribution is 6.33. The molecule has 3 N–H and O–H groups in total. The molecular formula is C23H25ClFN5O4. The van der Waals surface area contributed by atoms with Gasteiger partial charge in [0, 0.05) is 11.6 Å². The van der Waals surface area contributed by atoms with E-state index in [1.165, 1.54) is 12.3 Å². The van der Waals surface area contributed by atoms with E-state index in [1.54, 1.807) is 19.9 Å². The van der Waals surface area contributed by atoms with Gasteiger partial charge in [-0.3, -0.25) is 0 Å². The van der Waals surface area contributed by atoms with Crippen molar-refractivity contribution in [1.29, 1.82) is 0 Å². The first kappa shape index (κ1) is 22.1. The number of nitrogens with zero attached hydrogens (tertiary/aromatic N) is 4. The maximum atomic E-state index is 15.2. The van der Waals surface area contributed by atoms with Crippen LogP contribution >= 0.6 is 11.6 Å². The number of imidazole rings is 1. The molecule has 0 radical (unpaired) electrons. The Morgan fingerprint density at radius 3 is 2.79 bits per heavy atom. The summed E-state index contributed by atoms with van der Waals surface area (Å²) >= 11 is 6.43. The molecule has 4 atom stereocenters. The van der Waals surface area contributed by atoms with Crippen LogP contribution in [-0.2, 0) is 15.1 Å². The lowest BCUT2D eigenvalue weighted by molar-refractivity contribution is -0.156. The maximum absolute atomic E-state index is 15.2. The normalized spacial score (nSPS) is 26.9. The summed E-state index contributed by atoms with van der Waals surface area (Å²) in [4.78, 5) is 13.2. The Balaban J connectivity index is 1.39. The summed E-state index contributed by atoms with van der Waals surface area (Å²) in [5.41, 5.74) is 0.407. The van der Waals surface area contributed by atoms with Gasteiger partial charge in [-0.2, -0.15) is 0 Å². The number of halogens is 2. The van der Waals surface area contributed by atoms with E-state index in [0.29, 0.717) is 35.6 Å². The van der Waals surface area contributed by atoms with Crippen molar-refractivity contribution in [3.8, 4) is 11.3 Å². The molecule has 3 aliphatic rings. The third kappa shape index (κ3) is 3.74. The first-order valence-corrected chi connectivity index (χ1v) is 11.8. The predicted molar refractivity (Wildman–Crippen MR) is 122 cm³/mol. The number of ether oxygens (including phenoxy) is 2. The summed E-state index contributed by atoms with van der Waals surface area (Å²) < 4.78 is 28.2. The zero-order valence-electron chi connectivity index (χ0n) is 18.7. The summed E-state index contributed by atoms with van der Waals surface area (Å²) in [7, 11) is 0. The smallest absolute Gasteiger partial charge is 0.223 e. The van der Waals surface area contributed by atoms with Gasteiger partial charge >= 0.3 is 0 Å². The van der Waals surface area contributed by atoms with Gasteiger partial charge in [-0.15, -0.1) is 0 Å². The van der Waals surface area contributed by atoms with Crippen LogP contribution in [0.5, 0.6) is 0 Å². The first-order valence-electron chi connectivity index (χ1n) is 11.4. The average molecular weight is 490 g/mol. The van der Waals surface area contributed by atoms with Crippen LogP contribution in [0.2, 0.25) is 5.02 Å². The van der Waals surface area contributed by atoms with Crippen molar-refractivity contribution in [1.82, 2.24) is 19.5 Å². The van der Waals surface area contributed by atoms with Crippen LogP contribution in [0.1, 0.15) is 45.0 Å². The quantitative estimate of drug-likeness (QED) is 0.501. The molecule has 3 aromatic rings. The van der Waals surface area contributed by atoms with E-state index in [-0.39, 0.29) is 34.7 Å². The molecule has 1 saturated carbocycles. The van der Waals surface area contributed by atoms with E-state index in [4.69, 9.17) is 21.1 Å². The lowest BCUT2D eigenvalue weighted by Crippen LogP contribution is -2.48. The molecule has 0 amide bonds. The van der Waals surface area contributed by atoms with Gasteiger partial charge in [0.1, 0.15) is 23.0 Å². The molecule has 34 heavy (non-hydrogen) atoms. The fourth-order valence-corrected chi connectivity index (χ4v) is 4.96. The molecular weight excluding hydrogens is 465 g/mol. The highest BCUT2D eigenvalue weighted by Crippen LogP contribution is 2.42. The summed E-state index contributed by atoms with van der Waals surface area (Å²) in [6.45, 7) is 3.73. The monoisotopic (exact) mass is 489 g/mol. The molecule has 180 valence electrons. The Labute approximate surface area is 199 Å². The van der Waals surface area contributed by atoms with Crippen molar-refractivity contribution in [2.24, 2.45) is 0 Å². The van der Waals surface area contributed by atoms with Crippen LogP contribution in [0.25, 0.3) is 22.3 Å². The number of hydrogen-bond donors (Lipinski definition) is 3. The van der Waals surface area contributed by atoms with Gasteiger partial charge in [-0.25, -0.2) is 19.3 Å². The second kappa shape index (κ2) is 7.82. The highest BCUT2D eigenvalue weighted by Gasteiger charge is 2.43. The van der Waals surface area contributed by atoms with Gasteiger partial charge in [-0.05, 0) is 45.2 Å². The Morgan fingerprint density at radius 2 is 2.06 bits per heavy atom. The van der Waals surface area contributed by atoms with E-state index in [2.05, 4.69) is 20.3 Å². The average Bonchev–Trinajstić information content (AvgIpc) is 3.40. The number of anilines is 1. The molecule has 0 unspecified atom stereocenters. The Kier molecular flexibility index (Phi) is 5.09. The molecule has 2 aromatic heterocycles. The summed E-state index contributed by atoms with van der Waals surface area (Å²) in [6, 6.07) is 2.96. The molecule has 2 aliphatic heterocycles. The van der Waals surface area contributed by atoms with Crippen molar-refractivity contribution in [2.75, 3.05) is 11.9 Å². The van der Waals surface area contributed by atoms with Gasteiger partial charge in [0.15, 0.2) is 12.1 Å². The van der Waals surface area contributed by atoms with Crippen LogP contribution in [0, 0.1) is 5.82 Å². The van der Waals surface area contributed by atoms with Crippen molar-refractivity contribution < 1.29 is 24.1 Å². The lowest BCUT2D eigenvalue weighted by atomic mass is 10.0. The molecule has 3 fully saturated rings. The summed E-state index contributed by atoms with van der Waals surface area (Å²) in [6.07, 6.45) is 2.24. The molecule has 0 spiro atoms. The van der Waals surface area contributed by atoms with Gasteiger partial charge in [0.2, 0.25) is 5.95 Å². The summed E-state index contributed by atoms with van der Waals surface area (Å²) in [5, 5.41) is 24.5. The van der Waals surface area contributed by atoms with Crippen molar-refractivity contribution in [3.63, 3.8) is 0 Å². The number of fused-ring (bicyclic) bond motifs is 3. The van der Waals surface area contributed by atoms with E-state index < -0.39 is 23.8 Å². The number of benzene rings is 1. The predicted octanol–water partition coefficient (Wildman–Crippen LogP) is 3.13. The summed E-state index contributed by atoms with van der Waals surface area (Å²) in [5.74, 6) is 0.177. The molecule has 9 nitrogen and oxygen atoms in total. The molecule has 1 aromatic carbocycles. The van der Waals surface area contributed by atoms with E-state index >= 15 is 4.39 Å². The van der Waals surface area contributed by atoms with Crippen molar-refractivity contribution in [3.05, 3.63) is 35.0 Å². The Hall–Kier alpha value is -2.37. The zero-order chi connectivity index (χ0) is 23.8. The van der Waals surface area contributed by atoms with Crippen LogP contribution in [-0.4, -0.2) is 60.9 Å². The molecule has 11 heteroatoms.